The number of esters is 1. The quantitative estimate of drug-likeness (QED) is 0.641. The molecule has 0 aliphatic carbocycles. The molecule has 1 saturated heterocycles. The van der Waals surface area contributed by atoms with E-state index >= 15 is 0 Å². The molecule has 2 aromatic rings. The number of hydrogen-bond acceptors (Lipinski definition) is 6. The highest BCUT2D eigenvalue weighted by Crippen LogP contribution is 2.24. The van der Waals surface area contributed by atoms with Gasteiger partial charge >= 0.3 is 5.97 Å². The summed E-state index contributed by atoms with van der Waals surface area (Å²) in [4.78, 5) is 21.2. The van der Waals surface area contributed by atoms with E-state index in [9.17, 15) is 4.79 Å². The van der Waals surface area contributed by atoms with Gasteiger partial charge in [0.05, 0.1) is 12.7 Å². The number of carbonyl (C=O) groups excluding carboxylic acids is 1. The minimum absolute atomic E-state index is 0.356. The standard InChI is InChI=1S/C19H26N4O2/c1-22-10-12-23(13-11-22)9-5-8-20-18-16-7-4-3-6-15(16)17(14-21-18)19(24)25-2/h3-4,6-7,14H,5,8-13H2,1-2H3,(H,20,21). The average molecular weight is 342 g/mol. The number of benzene rings is 1. The maximum atomic E-state index is 11.9. The molecule has 0 bridgehead atoms. The van der Waals surface area contributed by atoms with Gasteiger partial charge < -0.3 is 19.9 Å². The first-order valence-electron chi connectivity index (χ1n) is 8.80. The van der Waals surface area contributed by atoms with Crippen LogP contribution in [0.5, 0.6) is 0 Å². The maximum Gasteiger partial charge on any atom is 0.340 e. The van der Waals surface area contributed by atoms with Crippen molar-refractivity contribution in [1.29, 1.82) is 0 Å². The number of hydrogen-bond donors (Lipinski definition) is 1. The number of rotatable bonds is 6. The van der Waals surface area contributed by atoms with Crippen LogP contribution in [0.1, 0.15) is 16.8 Å². The first-order valence-corrected chi connectivity index (χ1v) is 8.80. The molecular weight excluding hydrogens is 316 g/mol. The van der Waals surface area contributed by atoms with Crippen molar-refractivity contribution < 1.29 is 9.53 Å². The Labute approximate surface area is 148 Å². The second-order valence-corrected chi connectivity index (χ2v) is 6.48. The molecule has 0 amide bonds. The van der Waals surface area contributed by atoms with Gasteiger partial charge in [0, 0.05) is 49.7 Å². The molecule has 25 heavy (non-hydrogen) atoms. The Kier molecular flexibility index (Phi) is 5.83. The molecule has 134 valence electrons. The zero-order valence-electron chi connectivity index (χ0n) is 15.0. The van der Waals surface area contributed by atoms with Gasteiger partial charge in [-0.25, -0.2) is 9.78 Å². The normalized spacial score (nSPS) is 16.1. The predicted molar refractivity (Wildman–Crippen MR) is 100 cm³/mol. The average Bonchev–Trinajstić information content (AvgIpc) is 2.66. The maximum absolute atomic E-state index is 11.9. The number of anilines is 1. The lowest BCUT2D eigenvalue weighted by Gasteiger charge is -2.32. The molecule has 2 heterocycles. The SMILES string of the molecule is COC(=O)c1cnc(NCCCN2CCN(C)CC2)c2ccccc12. The number of ether oxygens (including phenoxy) is 1. The molecule has 1 aliphatic heterocycles. The van der Waals surface area contributed by atoms with E-state index in [0.717, 1.165) is 62.3 Å². The minimum atomic E-state index is -0.356. The smallest absolute Gasteiger partial charge is 0.340 e. The van der Waals surface area contributed by atoms with Crippen LogP contribution in [0.15, 0.2) is 30.5 Å². The van der Waals surface area contributed by atoms with Crippen LogP contribution >= 0.6 is 0 Å². The fourth-order valence-electron chi connectivity index (χ4n) is 3.19. The van der Waals surface area contributed by atoms with Crippen molar-refractivity contribution in [1.82, 2.24) is 14.8 Å². The fraction of sp³-hybridized carbons (Fsp3) is 0.474. The van der Waals surface area contributed by atoms with Crippen LogP contribution in [-0.2, 0) is 4.74 Å². The lowest BCUT2D eigenvalue weighted by atomic mass is 10.1. The van der Waals surface area contributed by atoms with Crippen LogP contribution in [0.2, 0.25) is 0 Å². The van der Waals surface area contributed by atoms with Gasteiger partial charge in [-0.1, -0.05) is 24.3 Å². The van der Waals surface area contributed by atoms with E-state index in [-0.39, 0.29) is 5.97 Å². The molecule has 0 unspecified atom stereocenters. The van der Waals surface area contributed by atoms with E-state index < -0.39 is 0 Å². The molecule has 6 nitrogen and oxygen atoms in total. The molecule has 1 aromatic heterocycles. The molecule has 0 radical (unpaired) electrons. The lowest BCUT2D eigenvalue weighted by Crippen LogP contribution is -2.44. The molecule has 0 atom stereocenters. The minimum Gasteiger partial charge on any atom is -0.465 e. The molecule has 6 heteroatoms. The van der Waals surface area contributed by atoms with Crippen LogP contribution in [0, 0.1) is 0 Å². The first kappa shape index (κ1) is 17.6. The van der Waals surface area contributed by atoms with Crippen LogP contribution in [-0.4, -0.2) is 74.2 Å². The monoisotopic (exact) mass is 342 g/mol. The molecule has 0 spiro atoms. The summed E-state index contributed by atoms with van der Waals surface area (Å²) in [6, 6.07) is 7.79. The van der Waals surface area contributed by atoms with Crippen molar-refractivity contribution in [2.24, 2.45) is 0 Å². The third-order valence-electron chi connectivity index (χ3n) is 4.74. The van der Waals surface area contributed by atoms with E-state index in [1.54, 1.807) is 6.20 Å². The molecule has 1 N–H and O–H groups in total. The number of methoxy groups -OCH3 is 1. The predicted octanol–water partition coefficient (Wildman–Crippen LogP) is 2.07. The van der Waals surface area contributed by atoms with E-state index in [2.05, 4.69) is 27.1 Å². The van der Waals surface area contributed by atoms with Crippen LogP contribution in [0.25, 0.3) is 10.8 Å². The Bertz CT molecular complexity index is 726. The summed E-state index contributed by atoms with van der Waals surface area (Å²) in [5.41, 5.74) is 0.501. The number of nitrogens with zero attached hydrogens (tertiary/aromatic N) is 3. The summed E-state index contributed by atoms with van der Waals surface area (Å²) < 4.78 is 4.85. The van der Waals surface area contributed by atoms with Gasteiger partial charge in [-0.3, -0.25) is 0 Å². The summed E-state index contributed by atoms with van der Waals surface area (Å²) in [5, 5.41) is 5.24. The number of likely N-dealkylation sites (N-methyl/N-ethyl adjacent to an activating group) is 1. The summed E-state index contributed by atoms with van der Waals surface area (Å²) >= 11 is 0. The van der Waals surface area contributed by atoms with Crippen molar-refractivity contribution in [2.45, 2.75) is 6.42 Å². The van der Waals surface area contributed by atoms with Gasteiger partial charge in [-0.05, 0) is 20.0 Å². The number of carbonyl (C=O) groups is 1. The van der Waals surface area contributed by atoms with Crippen LogP contribution in [0.4, 0.5) is 5.82 Å². The van der Waals surface area contributed by atoms with Gasteiger partial charge in [-0.2, -0.15) is 0 Å². The van der Waals surface area contributed by atoms with Crippen molar-refractivity contribution in [3.63, 3.8) is 0 Å². The van der Waals surface area contributed by atoms with E-state index in [1.807, 2.05) is 24.3 Å². The van der Waals surface area contributed by atoms with Gasteiger partial charge in [0.2, 0.25) is 0 Å². The van der Waals surface area contributed by atoms with E-state index in [0.29, 0.717) is 5.56 Å². The molecule has 1 aliphatic rings. The van der Waals surface area contributed by atoms with Crippen molar-refractivity contribution in [3.8, 4) is 0 Å². The Morgan fingerprint density at radius 3 is 2.64 bits per heavy atom. The Morgan fingerprint density at radius 1 is 1.20 bits per heavy atom. The number of fused-ring (bicyclic) bond motifs is 1. The van der Waals surface area contributed by atoms with Crippen molar-refractivity contribution in [2.75, 3.05) is 58.7 Å². The number of nitrogens with one attached hydrogen (secondary N) is 1. The van der Waals surface area contributed by atoms with Crippen LogP contribution < -0.4 is 5.32 Å². The molecule has 1 aromatic carbocycles. The summed E-state index contributed by atoms with van der Waals surface area (Å²) in [6.45, 7) is 6.54. The summed E-state index contributed by atoms with van der Waals surface area (Å²) in [7, 11) is 3.56. The Hall–Kier alpha value is -2.18. The zero-order chi connectivity index (χ0) is 17.6. The van der Waals surface area contributed by atoms with E-state index in [4.69, 9.17) is 4.74 Å². The highest BCUT2D eigenvalue weighted by atomic mass is 16.5. The van der Waals surface area contributed by atoms with Gasteiger partial charge in [0.1, 0.15) is 5.82 Å². The first-order chi connectivity index (χ1) is 12.2. The fourth-order valence-corrected chi connectivity index (χ4v) is 3.19. The van der Waals surface area contributed by atoms with Gasteiger partial charge in [0.15, 0.2) is 0 Å². The molecule has 0 saturated carbocycles. The zero-order valence-corrected chi connectivity index (χ0v) is 15.0. The van der Waals surface area contributed by atoms with Gasteiger partial charge in [0.25, 0.3) is 0 Å². The highest BCUT2D eigenvalue weighted by molar-refractivity contribution is 6.07. The highest BCUT2D eigenvalue weighted by Gasteiger charge is 2.14. The number of aromatic nitrogens is 1. The molecular formula is C19H26N4O2. The number of piperazine rings is 1. The number of pyridine rings is 1. The second-order valence-electron chi connectivity index (χ2n) is 6.48. The molecule has 3 rings (SSSR count). The largest absolute Gasteiger partial charge is 0.465 e. The van der Waals surface area contributed by atoms with Crippen molar-refractivity contribution >= 4 is 22.6 Å². The third kappa shape index (κ3) is 4.27. The Morgan fingerprint density at radius 2 is 1.92 bits per heavy atom. The summed E-state index contributed by atoms with van der Waals surface area (Å²) in [5.74, 6) is 0.465. The molecule has 1 fully saturated rings. The summed E-state index contributed by atoms with van der Waals surface area (Å²) in [6.07, 6.45) is 2.66. The van der Waals surface area contributed by atoms with Crippen LogP contribution in [0.3, 0.4) is 0 Å². The second kappa shape index (κ2) is 8.27. The van der Waals surface area contributed by atoms with E-state index in [1.165, 1.54) is 7.11 Å². The Balaban J connectivity index is 1.61. The lowest BCUT2D eigenvalue weighted by molar-refractivity contribution is 0.0602. The van der Waals surface area contributed by atoms with Gasteiger partial charge in [-0.15, -0.1) is 0 Å². The third-order valence-corrected chi connectivity index (χ3v) is 4.74. The topological polar surface area (TPSA) is 57.7 Å². The van der Waals surface area contributed by atoms with Crippen molar-refractivity contribution in [3.05, 3.63) is 36.0 Å².